The third kappa shape index (κ3) is 2.63. The van der Waals surface area contributed by atoms with Gasteiger partial charge in [-0.3, -0.25) is 4.79 Å². The number of carbonyl (C=O) groups excluding carboxylic acids is 1. The van der Waals surface area contributed by atoms with E-state index in [1.165, 1.54) is 6.42 Å². The minimum atomic E-state index is -0.178. The summed E-state index contributed by atoms with van der Waals surface area (Å²) in [6.07, 6.45) is 8.88. The number of halogens is 1. The fourth-order valence-electron chi connectivity index (χ4n) is 2.89. The number of amides is 1. The Kier molecular flexibility index (Phi) is 3.51. The van der Waals surface area contributed by atoms with Crippen LogP contribution in [0.4, 0.5) is 0 Å². The van der Waals surface area contributed by atoms with E-state index in [4.69, 9.17) is 0 Å². The molecule has 1 fully saturated rings. The van der Waals surface area contributed by atoms with Gasteiger partial charge in [-0.05, 0) is 52.7 Å². The number of fused-ring (bicyclic) bond motifs is 2. The first-order chi connectivity index (χ1) is 9.24. The fraction of sp³-hybridized carbons (Fsp3) is 0.333. The molecular weight excluding hydrogens is 304 g/mol. The standard InChI is InChI=1S/C15H15BrN2O/c16-14-4-2-1-3-13(14)15(19)18-17-9-12-8-10-5-6-11(12)7-10/h1-6,9-12H,7-8H2,(H,18,19). The Morgan fingerprint density at radius 3 is 2.84 bits per heavy atom. The molecule has 19 heavy (non-hydrogen) atoms. The van der Waals surface area contributed by atoms with Crippen LogP contribution in [0.2, 0.25) is 0 Å². The van der Waals surface area contributed by atoms with E-state index in [2.05, 4.69) is 38.6 Å². The smallest absolute Gasteiger partial charge is 0.267 e. The number of benzene rings is 1. The summed E-state index contributed by atoms with van der Waals surface area (Å²) < 4.78 is 0.783. The second kappa shape index (κ2) is 5.29. The van der Waals surface area contributed by atoms with Crippen molar-refractivity contribution in [2.24, 2.45) is 22.9 Å². The summed E-state index contributed by atoms with van der Waals surface area (Å²) in [5.74, 6) is 1.64. The van der Waals surface area contributed by atoms with Crippen molar-refractivity contribution in [3.05, 3.63) is 46.5 Å². The molecule has 3 rings (SSSR count). The Morgan fingerprint density at radius 2 is 2.16 bits per heavy atom. The molecule has 2 bridgehead atoms. The third-order valence-electron chi connectivity index (χ3n) is 3.88. The van der Waals surface area contributed by atoms with Crippen LogP contribution in [0.25, 0.3) is 0 Å². The second-order valence-corrected chi connectivity index (χ2v) is 6.00. The summed E-state index contributed by atoms with van der Waals surface area (Å²) in [4.78, 5) is 11.9. The summed E-state index contributed by atoms with van der Waals surface area (Å²) in [5, 5.41) is 4.11. The number of carbonyl (C=O) groups is 1. The average Bonchev–Trinajstić information content (AvgIpc) is 3.01. The molecule has 98 valence electrons. The van der Waals surface area contributed by atoms with Crippen LogP contribution in [0.3, 0.4) is 0 Å². The lowest BCUT2D eigenvalue weighted by atomic mass is 9.95. The van der Waals surface area contributed by atoms with Crippen molar-refractivity contribution in [2.75, 3.05) is 0 Å². The van der Waals surface area contributed by atoms with Crippen LogP contribution in [0.15, 0.2) is 46.0 Å². The van der Waals surface area contributed by atoms with Crippen molar-refractivity contribution in [3.8, 4) is 0 Å². The normalized spacial score (nSPS) is 28.2. The molecule has 0 radical (unpaired) electrons. The molecule has 1 amide bonds. The van der Waals surface area contributed by atoms with Crippen molar-refractivity contribution in [3.63, 3.8) is 0 Å². The summed E-state index contributed by atoms with van der Waals surface area (Å²) in [6.45, 7) is 0. The van der Waals surface area contributed by atoms with Gasteiger partial charge in [-0.15, -0.1) is 0 Å². The molecule has 4 heteroatoms. The number of nitrogens with one attached hydrogen (secondary N) is 1. The first-order valence-corrected chi connectivity index (χ1v) is 7.29. The minimum Gasteiger partial charge on any atom is -0.267 e. The third-order valence-corrected chi connectivity index (χ3v) is 4.57. The number of allylic oxidation sites excluding steroid dienone is 2. The molecular formula is C15H15BrN2O. The van der Waals surface area contributed by atoms with Crippen molar-refractivity contribution in [1.82, 2.24) is 5.43 Å². The van der Waals surface area contributed by atoms with E-state index in [0.717, 1.165) is 16.8 Å². The maximum absolute atomic E-state index is 11.9. The molecule has 1 N–H and O–H groups in total. The SMILES string of the molecule is O=C(NN=CC1CC2C=CC1C2)c1ccccc1Br. The summed E-state index contributed by atoms with van der Waals surface area (Å²) >= 11 is 3.36. The Labute approximate surface area is 120 Å². The highest BCUT2D eigenvalue weighted by Crippen LogP contribution is 2.42. The summed E-state index contributed by atoms with van der Waals surface area (Å²) in [6, 6.07) is 7.34. The zero-order chi connectivity index (χ0) is 13.2. The number of hydrogen-bond donors (Lipinski definition) is 1. The predicted molar refractivity (Wildman–Crippen MR) is 78.9 cm³/mol. The molecule has 1 aromatic rings. The lowest BCUT2D eigenvalue weighted by Crippen LogP contribution is -2.19. The molecule has 2 aliphatic rings. The van der Waals surface area contributed by atoms with Gasteiger partial charge in [0.05, 0.1) is 5.56 Å². The molecule has 0 aliphatic heterocycles. The van der Waals surface area contributed by atoms with Crippen LogP contribution in [0.1, 0.15) is 23.2 Å². The van der Waals surface area contributed by atoms with Crippen LogP contribution in [0.5, 0.6) is 0 Å². The summed E-state index contributed by atoms with van der Waals surface area (Å²) in [5.41, 5.74) is 3.21. The van der Waals surface area contributed by atoms with Gasteiger partial charge in [-0.1, -0.05) is 24.3 Å². The number of nitrogens with zero attached hydrogens (tertiary/aromatic N) is 1. The largest absolute Gasteiger partial charge is 0.272 e. The van der Waals surface area contributed by atoms with Crippen molar-refractivity contribution >= 4 is 28.1 Å². The topological polar surface area (TPSA) is 41.5 Å². The lowest BCUT2D eigenvalue weighted by molar-refractivity contribution is 0.0954. The van der Waals surface area contributed by atoms with E-state index >= 15 is 0 Å². The van der Waals surface area contributed by atoms with Crippen LogP contribution in [-0.2, 0) is 0 Å². The van der Waals surface area contributed by atoms with Crippen LogP contribution in [0, 0.1) is 17.8 Å². The Hall–Kier alpha value is -1.42. The summed E-state index contributed by atoms with van der Waals surface area (Å²) in [7, 11) is 0. The van der Waals surface area contributed by atoms with Crippen molar-refractivity contribution < 1.29 is 4.79 Å². The highest BCUT2D eigenvalue weighted by Gasteiger charge is 2.34. The molecule has 0 saturated heterocycles. The number of rotatable bonds is 3. The molecule has 1 saturated carbocycles. The van der Waals surface area contributed by atoms with E-state index < -0.39 is 0 Å². The molecule has 3 nitrogen and oxygen atoms in total. The van der Waals surface area contributed by atoms with Gasteiger partial charge in [0, 0.05) is 16.6 Å². The van der Waals surface area contributed by atoms with Gasteiger partial charge in [0.15, 0.2) is 0 Å². The molecule has 3 unspecified atom stereocenters. The molecule has 3 atom stereocenters. The molecule has 2 aliphatic carbocycles. The van der Waals surface area contributed by atoms with Gasteiger partial charge in [-0.2, -0.15) is 5.10 Å². The van der Waals surface area contributed by atoms with E-state index in [0.29, 0.717) is 17.4 Å². The van der Waals surface area contributed by atoms with E-state index in [1.807, 2.05) is 24.4 Å². The Bertz CT molecular complexity index is 553. The van der Waals surface area contributed by atoms with Crippen molar-refractivity contribution in [2.45, 2.75) is 12.8 Å². The van der Waals surface area contributed by atoms with Crippen LogP contribution in [-0.4, -0.2) is 12.1 Å². The Morgan fingerprint density at radius 1 is 1.32 bits per heavy atom. The van der Waals surface area contributed by atoms with Gasteiger partial charge < -0.3 is 0 Å². The molecule has 0 heterocycles. The van der Waals surface area contributed by atoms with Gasteiger partial charge >= 0.3 is 0 Å². The first-order valence-electron chi connectivity index (χ1n) is 6.50. The molecule has 1 aromatic carbocycles. The fourth-order valence-corrected chi connectivity index (χ4v) is 3.36. The van der Waals surface area contributed by atoms with Gasteiger partial charge in [0.2, 0.25) is 0 Å². The highest BCUT2D eigenvalue weighted by atomic mass is 79.9. The average molecular weight is 319 g/mol. The predicted octanol–water partition coefficient (Wildman–Crippen LogP) is 3.38. The maximum atomic E-state index is 11.9. The van der Waals surface area contributed by atoms with Gasteiger partial charge in [0.1, 0.15) is 0 Å². The maximum Gasteiger partial charge on any atom is 0.272 e. The van der Waals surface area contributed by atoms with E-state index in [1.54, 1.807) is 6.07 Å². The van der Waals surface area contributed by atoms with Gasteiger partial charge in [-0.25, -0.2) is 5.43 Å². The number of hydrogen-bond acceptors (Lipinski definition) is 2. The minimum absolute atomic E-state index is 0.178. The Balaban J connectivity index is 1.59. The zero-order valence-corrected chi connectivity index (χ0v) is 12.0. The lowest BCUT2D eigenvalue weighted by Gasteiger charge is -2.12. The van der Waals surface area contributed by atoms with Crippen LogP contribution < -0.4 is 5.43 Å². The second-order valence-electron chi connectivity index (χ2n) is 5.14. The van der Waals surface area contributed by atoms with Gasteiger partial charge in [0.25, 0.3) is 5.91 Å². The number of hydrazone groups is 1. The van der Waals surface area contributed by atoms with E-state index in [-0.39, 0.29) is 5.91 Å². The monoisotopic (exact) mass is 318 g/mol. The van der Waals surface area contributed by atoms with Crippen molar-refractivity contribution in [1.29, 1.82) is 0 Å². The van der Waals surface area contributed by atoms with Crippen LogP contribution >= 0.6 is 15.9 Å². The van der Waals surface area contributed by atoms with E-state index in [9.17, 15) is 4.79 Å². The zero-order valence-electron chi connectivity index (χ0n) is 10.4. The highest BCUT2D eigenvalue weighted by molar-refractivity contribution is 9.10. The molecule has 0 spiro atoms. The quantitative estimate of drug-likeness (QED) is 0.518. The first kappa shape index (κ1) is 12.6. The molecule has 0 aromatic heterocycles.